The molecule has 3 nitrogen and oxygen atoms in total. The van der Waals surface area contributed by atoms with E-state index in [1.807, 2.05) is 18.5 Å². The van der Waals surface area contributed by atoms with Crippen molar-refractivity contribution in [1.82, 2.24) is 15.0 Å². The van der Waals surface area contributed by atoms with E-state index >= 15 is 0 Å². The van der Waals surface area contributed by atoms with Crippen LogP contribution in [0.25, 0.3) is 134 Å². The van der Waals surface area contributed by atoms with Gasteiger partial charge < -0.3 is 0 Å². The molecule has 0 atom stereocenters. The fraction of sp³-hybridized carbons (Fsp3) is 0.0260. The first kappa shape index (κ1) is 49.2. The summed E-state index contributed by atoms with van der Waals surface area (Å²) >= 11 is 0. The van der Waals surface area contributed by atoms with Crippen LogP contribution >= 0.6 is 0 Å². The third-order valence-electron chi connectivity index (χ3n) is 15.2. The molecule has 0 radical (unpaired) electrons. The van der Waals surface area contributed by atoms with Gasteiger partial charge in [0.25, 0.3) is 0 Å². The van der Waals surface area contributed by atoms with Gasteiger partial charge in [0.2, 0.25) is 0 Å². The second-order valence-electron chi connectivity index (χ2n) is 20.5. The number of hydrogen-bond acceptors (Lipinski definition) is 3. The average molecular weight is 1020 g/mol. The Hall–Kier alpha value is -10.4. The van der Waals surface area contributed by atoms with Gasteiger partial charge in [0.1, 0.15) is 0 Å². The highest BCUT2D eigenvalue weighted by atomic mass is 14.7. The topological polar surface area (TPSA) is 38.7 Å². The Labute approximate surface area is 469 Å². The monoisotopic (exact) mass is 1020 g/mol. The lowest BCUT2D eigenvalue weighted by Gasteiger charge is -2.19. The molecule has 0 fully saturated rings. The van der Waals surface area contributed by atoms with Gasteiger partial charge in [-0.05, 0) is 163 Å². The van der Waals surface area contributed by atoms with Crippen molar-refractivity contribution >= 4 is 0 Å². The van der Waals surface area contributed by atoms with Crippen LogP contribution < -0.4 is 0 Å². The fourth-order valence-electron chi connectivity index (χ4n) is 11.0. The van der Waals surface area contributed by atoms with Crippen LogP contribution in [0.1, 0.15) is 11.1 Å². The zero-order valence-corrected chi connectivity index (χ0v) is 44.6. The summed E-state index contributed by atoms with van der Waals surface area (Å²) in [5.41, 5.74) is 28.7. The van der Waals surface area contributed by atoms with Crippen LogP contribution in [0.5, 0.6) is 0 Å². The zero-order chi connectivity index (χ0) is 53.8. The Balaban J connectivity index is 0.978. The van der Waals surface area contributed by atoms with E-state index in [0.717, 1.165) is 134 Å². The SMILES string of the molecule is Cc1ccc(-c2ccc(-c3ccccc3-c3cc(-c4ccccc4-c4ccc(-c5ccc(C)cn5)cc4)cc(-c4ccccc4-c4ccc(-c5cccc(-c6ccccc6)n5)cc4-c4ccc(-c5ccccc5)cc4)c3)cc2)nc1. The van der Waals surface area contributed by atoms with Crippen LogP contribution in [-0.2, 0) is 0 Å². The standard InChI is InChI=1S/C77H55N3/c1-52-28-44-74(78-50-52)60-38-34-56(35-39-60)66-20-9-11-22-68(66)63-46-64(69-23-12-10-21-67(69)57-36-40-61(41-37-57)75-45-29-53(2)51-79-75)48-65(47-63)70-24-13-14-25-71(70)72-43-42-62(77-27-15-26-76(80-77)59-18-7-4-8-19-59)49-73(72)58-32-30-55(31-33-58)54-16-5-3-6-17-54/h3-51H,1-2H3. The third-order valence-corrected chi connectivity index (χ3v) is 15.2. The molecule has 13 rings (SSSR count). The minimum atomic E-state index is 0.922. The molecule has 0 N–H and O–H groups in total. The fourth-order valence-corrected chi connectivity index (χ4v) is 11.0. The Morgan fingerprint density at radius 1 is 0.188 bits per heavy atom. The van der Waals surface area contributed by atoms with Crippen molar-refractivity contribution < 1.29 is 0 Å². The summed E-state index contributed by atoms with van der Waals surface area (Å²) in [6, 6.07) is 103. The van der Waals surface area contributed by atoms with Crippen LogP contribution in [0.2, 0.25) is 0 Å². The van der Waals surface area contributed by atoms with E-state index in [1.165, 1.54) is 11.1 Å². The Kier molecular flexibility index (Phi) is 13.5. The van der Waals surface area contributed by atoms with Crippen LogP contribution in [0.3, 0.4) is 0 Å². The first-order chi connectivity index (χ1) is 39.5. The van der Waals surface area contributed by atoms with Gasteiger partial charge >= 0.3 is 0 Å². The predicted octanol–water partition coefficient (Wildman–Crippen LogP) is 20.5. The molecular formula is C77H55N3. The quantitative estimate of drug-likeness (QED) is 0.122. The predicted molar refractivity (Wildman–Crippen MR) is 335 cm³/mol. The normalized spacial score (nSPS) is 11.1. The molecule has 0 saturated heterocycles. The summed E-state index contributed by atoms with van der Waals surface area (Å²) in [5.74, 6) is 0. The first-order valence-electron chi connectivity index (χ1n) is 27.3. The molecule has 13 aromatic rings. The maximum Gasteiger partial charge on any atom is 0.0709 e. The number of rotatable bonds is 12. The van der Waals surface area contributed by atoms with Crippen molar-refractivity contribution in [2.24, 2.45) is 0 Å². The lowest BCUT2D eigenvalue weighted by Crippen LogP contribution is -1.94. The highest BCUT2D eigenvalue weighted by Crippen LogP contribution is 2.45. The Bertz CT molecular complexity index is 4150. The van der Waals surface area contributed by atoms with E-state index in [2.05, 4.69) is 293 Å². The number of nitrogens with zero attached hydrogens (tertiary/aromatic N) is 3. The molecule has 80 heavy (non-hydrogen) atoms. The van der Waals surface area contributed by atoms with E-state index in [0.29, 0.717) is 0 Å². The van der Waals surface area contributed by atoms with Crippen LogP contribution in [-0.4, -0.2) is 15.0 Å². The van der Waals surface area contributed by atoms with Gasteiger partial charge in [0, 0.05) is 34.6 Å². The van der Waals surface area contributed by atoms with E-state index in [-0.39, 0.29) is 0 Å². The van der Waals surface area contributed by atoms with Gasteiger partial charge in [0.05, 0.1) is 22.8 Å². The molecule has 0 saturated carbocycles. The molecule has 3 heterocycles. The van der Waals surface area contributed by atoms with Crippen LogP contribution in [0.4, 0.5) is 0 Å². The smallest absolute Gasteiger partial charge is 0.0709 e. The second-order valence-corrected chi connectivity index (χ2v) is 20.5. The number of hydrogen-bond donors (Lipinski definition) is 0. The van der Waals surface area contributed by atoms with Gasteiger partial charge in [-0.1, -0.05) is 237 Å². The molecule has 0 spiro atoms. The molecule has 0 aliphatic heterocycles. The summed E-state index contributed by atoms with van der Waals surface area (Å²) in [5, 5.41) is 0. The first-order valence-corrected chi connectivity index (χ1v) is 27.3. The van der Waals surface area contributed by atoms with Gasteiger partial charge in [-0.25, -0.2) is 4.98 Å². The van der Waals surface area contributed by atoms with Crippen molar-refractivity contribution in [2.45, 2.75) is 13.8 Å². The molecule has 0 aliphatic carbocycles. The Morgan fingerprint density at radius 3 is 0.975 bits per heavy atom. The van der Waals surface area contributed by atoms with E-state index in [9.17, 15) is 0 Å². The number of aryl methyl sites for hydroxylation is 2. The van der Waals surface area contributed by atoms with Crippen molar-refractivity contribution in [3.05, 3.63) is 309 Å². The maximum absolute atomic E-state index is 5.24. The number of pyridine rings is 3. The van der Waals surface area contributed by atoms with Crippen molar-refractivity contribution in [2.75, 3.05) is 0 Å². The van der Waals surface area contributed by atoms with Gasteiger partial charge in [-0.15, -0.1) is 0 Å². The molecule has 0 bridgehead atoms. The van der Waals surface area contributed by atoms with Crippen LogP contribution in [0, 0.1) is 13.8 Å². The summed E-state index contributed by atoms with van der Waals surface area (Å²) < 4.78 is 0. The summed E-state index contributed by atoms with van der Waals surface area (Å²) in [7, 11) is 0. The summed E-state index contributed by atoms with van der Waals surface area (Å²) in [6.07, 6.45) is 3.86. The van der Waals surface area contributed by atoms with E-state index in [1.54, 1.807) is 0 Å². The van der Waals surface area contributed by atoms with Gasteiger partial charge in [0.15, 0.2) is 0 Å². The molecule has 10 aromatic carbocycles. The third kappa shape index (κ3) is 10.2. The lowest BCUT2D eigenvalue weighted by molar-refractivity contribution is 1.27. The number of benzene rings is 10. The Morgan fingerprint density at radius 2 is 0.512 bits per heavy atom. The van der Waals surface area contributed by atoms with Crippen LogP contribution in [0.15, 0.2) is 298 Å². The summed E-state index contributed by atoms with van der Waals surface area (Å²) in [4.78, 5) is 14.7. The minimum Gasteiger partial charge on any atom is -0.256 e. The summed E-state index contributed by atoms with van der Waals surface area (Å²) in [6.45, 7) is 4.14. The van der Waals surface area contributed by atoms with Gasteiger partial charge in [-0.3, -0.25) is 9.97 Å². The molecule has 0 amide bonds. The van der Waals surface area contributed by atoms with Crippen molar-refractivity contribution in [1.29, 1.82) is 0 Å². The molecule has 0 aliphatic rings. The second kappa shape index (κ2) is 21.9. The van der Waals surface area contributed by atoms with Gasteiger partial charge in [-0.2, -0.15) is 0 Å². The molecule has 378 valence electrons. The maximum atomic E-state index is 5.24. The number of aromatic nitrogens is 3. The largest absolute Gasteiger partial charge is 0.256 e. The molecular weight excluding hydrogens is 967 g/mol. The lowest BCUT2D eigenvalue weighted by atomic mass is 9.84. The average Bonchev–Trinajstić information content (AvgIpc) is 3.56. The van der Waals surface area contributed by atoms with Crippen molar-refractivity contribution in [3.63, 3.8) is 0 Å². The van der Waals surface area contributed by atoms with Crippen molar-refractivity contribution in [3.8, 4) is 134 Å². The highest BCUT2D eigenvalue weighted by Gasteiger charge is 2.19. The molecule has 3 aromatic heterocycles. The van der Waals surface area contributed by atoms with E-state index < -0.39 is 0 Å². The van der Waals surface area contributed by atoms with E-state index in [4.69, 9.17) is 15.0 Å². The molecule has 0 unspecified atom stereocenters. The highest BCUT2D eigenvalue weighted by molar-refractivity contribution is 5.97. The molecule has 3 heteroatoms. The minimum absolute atomic E-state index is 0.922. The zero-order valence-electron chi connectivity index (χ0n) is 44.6.